The summed E-state index contributed by atoms with van der Waals surface area (Å²) in [4.78, 5) is 3.56. The van der Waals surface area contributed by atoms with Crippen LogP contribution in [0.4, 0.5) is 5.95 Å². The van der Waals surface area contributed by atoms with Crippen molar-refractivity contribution < 1.29 is 4.74 Å². The topological polar surface area (TPSA) is 43.2 Å². The first-order chi connectivity index (χ1) is 13.8. The summed E-state index contributed by atoms with van der Waals surface area (Å²) >= 11 is 3.51. The predicted octanol–water partition coefficient (Wildman–Crippen LogP) is 4.18. The SMILES string of the molecule is CSc1ccc(CSc2nnc(N3CCOCC3)n2Cc2ccccc2)cc1. The molecule has 0 atom stereocenters. The fraction of sp³-hybridized carbons (Fsp3) is 0.333. The summed E-state index contributed by atoms with van der Waals surface area (Å²) in [6.07, 6.45) is 2.10. The van der Waals surface area contributed by atoms with Gasteiger partial charge >= 0.3 is 0 Å². The monoisotopic (exact) mass is 412 g/mol. The van der Waals surface area contributed by atoms with Gasteiger partial charge in [0.15, 0.2) is 5.16 Å². The van der Waals surface area contributed by atoms with Crippen molar-refractivity contribution in [2.45, 2.75) is 22.3 Å². The number of anilines is 1. The molecule has 4 rings (SSSR count). The first-order valence-electron chi connectivity index (χ1n) is 9.39. The highest BCUT2D eigenvalue weighted by Crippen LogP contribution is 2.27. The number of hydrogen-bond donors (Lipinski definition) is 0. The van der Waals surface area contributed by atoms with Gasteiger partial charge in [0.05, 0.1) is 19.8 Å². The summed E-state index contributed by atoms with van der Waals surface area (Å²) in [6.45, 7) is 3.96. The summed E-state index contributed by atoms with van der Waals surface area (Å²) in [5.74, 6) is 1.82. The summed E-state index contributed by atoms with van der Waals surface area (Å²) in [6, 6.07) is 19.2. The quantitative estimate of drug-likeness (QED) is 0.543. The molecule has 0 bridgehead atoms. The Labute approximate surface area is 174 Å². The first kappa shape index (κ1) is 19.4. The van der Waals surface area contributed by atoms with E-state index >= 15 is 0 Å². The molecule has 0 amide bonds. The third-order valence-corrected chi connectivity index (χ3v) is 6.48. The van der Waals surface area contributed by atoms with Gasteiger partial charge in [-0.15, -0.1) is 22.0 Å². The molecule has 1 fully saturated rings. The van der Waals surface area contributed by atoms with Gasteiger partial charge in [-0.1, -0.05) is 54.2 Å². The lowest BCUT2D eigenvalue weighted by Crippen LogP contribution is -2.38. The van der Waals surface area contributed by atoms with Crippen LogP contribution in [-0.2, 0) is 17.0 Å². The number of nitrogens with zero attached hydrogens (tertiary/aromatic N) is 4. The molecule has 5 nitrogen and oxygen atoms in total. The number of aromatic nitrogens is 3. The molecule has 1 aliphatic rings. The van der Waals surface area contributed by atoms with E-state index in [1.54, 1.807) is 23.5 Å². The van der Waals surface area contributed by atoms with E-state index in [1.165, 1.54) is 16.0 Å². The molecule has 0 spiro atoms. The maximum atomic E-state index is 5.50. The maximum Gasteiger partial charge on any atom is 0.228 e. The van der Waals surface area contributed by atoms with Crippen LogP contribution in [0.1, 0.15) is 11.1 Å². The van der Waals surface area contributed by atoms with Crippen LogP contribution in [0, 0.1) is 0 Å². The van der Waals surface area contributed by atoms with Crippen molar-refractivity contribution in [1.82, 2.24) is 14.8 Å². The van der Waals surface area contributed by atoms with Crippen LogP contribution in [0.3, 0.4) is 0 Å². The largest absolute Gasteiger partial charge is 0.378 e. The molecular weight excluding hydrogens is 388 g/mol. The average molecular weight is 413 g/mol. The molecule has 1 aromatic heterocycles. The van der Waals surface area contributed by atoms with E-state index in [9.17, 15) is 0 Å². The van der Waals surface area contributed by atoms with E-state index in [-0.39, 0.29) is 0 Å². The summed E-state index contributed by atoms with van der Waals surface area (Å²) in [5.41, 5.74) is 2.55. The fourth-order valence-corrected chi connectivity index (χ4v) is 4.46. The first-order valence-corrected chi connectivity index (χ1v) is 11.6. The Kier molecular flexibility index (Phi) is 6.57. The molecule has 0 N–H and O–H groups in total. The van der Waals surface area contributed by atoms with Gasteiger partial charge < -0.3 is 9.64 Å². The second kappa shape index (κ2) is 9.49. The summed E-state index contributed by atoms with van der Waals surface area (Å²) in [7, 11) is 0. The Morgan fingerprint density at radius 1 is 0.929 bits per heavy atom. The molecule has 0 radical (unpaired) electrons. The zero-order valence-corrected chi connectivity index (χ0v) is 17.6. The number of benzene rings is 2. The predicted molar refractivity (Wildman–Crippen MR) is 116 cm³/mol. The second-order valence-corrected chi connectivity index (χ2v) is 8.41. The molecule has 0 aliphatic carbocycles. The van der Waals surface area contributed by atoms with Crippen LogP contribution >= 0.6 is 23.5 Å². The van der Waals surface area contributed by atoms with Crippen molar-refractivity contribution in [3.8, 4) is 0 Å². The molecule has 2 aromatic carbocycles. The minimum absolute atomic E-state index is 0.739. The van der Waals surface area contributed by atoms with Crippen molar-refractivity contribution in [2.24, 2.45) is 0 Å². The minimum Gasteiger partial charge on any atom is -0.378 e. The highest BCUT2D eigenvalue weighted by molar-refractivity contribution is 7.98. The van der Waals surface area contributed by atoms with Crippen molar-refractivity contribution >= 4 is 29.5 Å². The number of rotatable bonds is 7. The van der Waals surface area contributed by atoms with Crippen LogP contribution in [-0.4, -0.2) is 47.3 Å². The van der Waals surface area contributed by atoms with Crippen LogP contribution in [0.15, 0.2) is 64.6 Å². The molecular formula is C21H24N4OS2. The van der Waals surface area contributed by atoms with E-state index in [4.69, 9.17) is 4.74 Å². The van der Waals surface area contributed by atoms with Crippen molar-refractivity contribution in [3.05, 3.63) is 65.7 Å². The Morgan fingerprint density at radius 3 is 2.39 bits per heavy atom. The smallest absolute Gasteiger partial charge is 0.228 e. The standard InChI is InChI=1S/C21H24N4OS2/c1-27-19-9-7-18(8-10-19)16-28-21-23-22-20(24-11-13-26-14-12-24)25(21)15-17-5-3-2-4-6-17/h2-10H,11-16H2,1H3. The Balaban J connectivity index is 1.55. The summed E-state index contributed by atoms with van der Waals surface area (Å²) < 4.78 is 7.74. The zero-order chi connectivity index (χ0) is 19.2. The van der Waals surface area contributed by atoms with Gasteiger partial charge in [-0.3, -0.25) is 4.57 Å². The Bertz CT molecular complexity index is 877. The van der Waals surface area contributed by atoms with Gasteiger partial charge in [0, 0.05) is 23.7 Å². The number of ether oxygens (including phenoxy) is 1. The van der Waals surface area contributed by atoms with E-state index in [2.05, 4.69) is 74.5 Å². The number of morpholine rings is 1. The second-order valence-electron chi connectivity index (χ2n) is 6.59. The van der Waals surface area contributed by atoms with E-state index in [0.29, 0.717) is 0 Å². The molecule has 1 saturated heterocycles. The zero-order valence-electron chi connectivity index (χ0n) is 16.0. The number of thioether (sulfide) groups is 2. The maximum absolute atomic E-state index is 5.50. The highest BCUT2D eigenvalue weighted by atomic mass is 32.2. The van der Waals surface area contributed by atoms with Gasteiger partial charge in [-0.2, -0.15) is 0 Å². The third-order valence-electron chi connectivity index (χ3n) is 4.70. The molecule has 0 saturated carbocycles. The Hall–Kier alpha value is -1.96. The lowest BCUT2D eigenvalue weighted by atomic mass is 10.2. The van der Waals surface area contributed by atoms with E-state index in [0.717, 1.165) is 49.7 Å². The number of hydrogen-bond acceptors (Lipinski definition) is 6. The van der Waals surface area contributed by atoms with Crippen molar-refractivity contribution in [3.63, 3.8) is 0 Å². The van der Waals surface area contributed by atoms with Gasteiger partial charge in [-0.05, 0) is 29.5 Å². The molecule has 1 aliphatic heterocycles. The van der Waals surface area contributed by atoms with Gasteiger partial charge in [0.25, 0.3) is 0 Å². The lowest BCUT2D eigenvalue weighted by Gasteiger charge is -2.28. The fourth-order valence-electron chi connectivity index (χ4n) is 3.16. The highest BCUT2D eigenvalue weighted by Gasteiger charge is 2.20. The molecule has 2 heterocycles. The van der Waals surface area contributed by atoms with Crippen molar-refractivity contribution in [1.29, 1.82) is 0 Å². The van der Waals surface area contributed by atoms with Crippen LogP contribution in [0.2, 0.25) is 0 Å². The molecule has 3 aromatic rings. The Morgan fingerprint density at radius 2 is 1.68 bits per heavy atom. The average Bonchev–Trinajstić information content (AvgIpc) is 3.16. The molecule has 28 heavy (non-hydrogen) atoms. The van der Waals surface area contributed by atoms with Crippen molar-refractivity contribution in [2.75, 3.05) is 37.5 Å². The minimum atomic E-state index is 0.739. The third kappa shape index (κ3) is 4.71. The van der Waals surface area contributed by atoms with Crippen LogP contribution < -0.4 is 4.90 Å². The summed E-state index contributed by atoms with van der Waals surface area (Å²) in [5, 5.41) is 10.0. The van der Waals surface area contributed by atoms with Gasteiger partial charge in [-0.25, -0.2) is 0 Å². The lowest BCUT2D eigenvalue weighted by molar-refractivity contribution is 0.121. The van der Waals surface area contributed by atoms with Crippen LogP contribution in [0.25, 0.3) is 0 Å². The van der Waals surface area contributed by atoms with Crippen LogP contribution in [0.5, 0.6) is 0 Å². The normalized spacial score (nSPS) is 14.4. The van der Waals surface area contributed by atoms with Gasteiger partial charge in [0.2, 0.25) is 5.95 Å². The molecule has 7 heteroatoms. The molecule has 146 valence electrons. The molecule has 0 unspecified atom stereocenters. The van der Waals surface area contributed by atoms with E-state index < -0.39 is 0 Å². The van der Waals surface area contributed by atoms with E-state index in [1.807, 2.05) is 6.07 Å². The van der Waals surface area contributed by atoms with Gasteiger partial charge in [0.1, 0.15) is 0 Å².